The van der Waals surface area contributed by atoms with E-state index in [0.717, 1.165) is 12.8 Å². The van der Waals surface area contributed by atoms with Gasteiger partial charge in [-0.3, -0.25) is 4.79 Å². The fourth-order valence-corrected chi connectivity index (χ4v) is 1.09. The average Bonchev–Trinajstić information content (AvgIpc) is 2.14. The van der Waals surface area contributed by atoms with Gasteiger partial charge in [0, 0.05) is 6.04 Å². The highest BCUT2D eigenvalue weighted by atomic mass is 16.2. The van der Waals surface area contributed by atoms with Gasteiger partial charge < -0.3 is 11.1 Å². The third-order valence-corrected chi connectivity index (χ3v) is 2.09. The summed E-state index contributed by atoms with van der Waals surface area (Å²) in [7, 11) is 0. The summed E-state index contributed by atoms with van der Waals surface area (Å²) in [5.74, 6) is -0.0754. The largest absolute Gasteiger partial charge is 0.352 e. The van der Waals surface area contributed by atoms with Crippen LogP contribution in [0.5, 0.6) is 0 Å². The van der Waals surface area contributed by atoms with Gasteiger partial charge in [0.15, 0.2) is 0 Å². The summed E-state index contributed by atoms with van der Waals surface area (Å²) >= 11 is 0. The Bertz CT molecular complexity index is 164. The number of carbonyl (C=O) groups is 1. The molecule has 0 aromatic rings. The van der Waals surface area contributed by atoms with Gasteiger partial charge in [-0.2, -0.15) is 0 Å². The lowest BCUT2D eigenvalue weighted by molar-refractivity contribution is -0.123. The van der Waals surface area contributed by atoms with E-state index in [0.29, 0.717) is 6.42 Å². The zero-order chi connectivity index (χ0) is 10.3. The van der Waals surface area contributed by atoms with Gasteiger partial charge in [-0.15, -0.1) is 6.58 Å². The van der Waals surface area contributed by atoms with Crippen molar-refractivity contribution < 1.29 is 4.79 Å². The standard InChI is InChI=1S/C10H20N2O/c1-4-7-9(11)10(13)12-8(5-2)6-3/h4,8-9H,1,5-7,11H2,2-3H3,(H,12,13). The third kappa shape index (κ3) is 4.68. The molecule has 1 unspecified atom stereocenters. The second-order valence-corrected chi connectivity index (χ2v) is 3.15. The Balaban J connectivity index is 3.89. The lowest BCUT2D eigenvalue weighted by atomic mass is 10.1. The van der Waals surface area contributed by atoms with Gasteiger partial charge >= 0.3 is 0 Å². The van der Waals surface area contributed by atoms with E-state index in [1.54, 1.807) is 6.08 Å². The van der Waals surface area contributed by atoms with Crippen LogP contribution in [-0.4, -0.2) is 18.0 Å². The molecule has 13 heavy (non-hydrogen) atoms. The Morgan fingerprint density at radius 2 is 2.08 bits per heavy atom. The van der Waals surface area contributed by atoms with Gasteiger partial charge in [0.25, 0.3) is 0 Å². The quantitative estimate of drug-likeness (QED) is 0.609. The number of hydrogen-bond donors (Lipinski definition) is 2. The predicted octanol–water partition coefficient (Wildman–Crippen LogP) is 1.19. The zero-order valence-corrected chi connectivity index (χ0v) is 8.55. The molecule has 0 aromatic heterocycles. The third-order valence-electron chi connectivity index (χ3n) is 2.09. The van der Waals surface area contributed by atoms with E-state index in [9.17, 15) is 4.79 Å². The molecule has 3 nitrogen and oxygen atoms in total. The molecule has 0 aliphatic carbocycles. The Labute approximate surface area is 80.4 Å². The molecule has 0 bridgehead atoms. The Morgan fingerprint density at radius 1 is 1.54 bits per heavy atom. The molecule has 0 saturated carbocycles. The van der Waals surface area contributed by atoms with Crippen molar-refractivity contribution in [2.24, 2.45) is 5.73 Å². The second-order valence-electron chi connectivity index (χ2n) is 3.15. The first-order valence-electron chi connectivity index (χ1n) is 4.82. The molecule has 0 fully saturated rings. The fourth-order valence-electron chi connectivity index (χ4n) is 1.09. The van der Waals surface area contributed by atoms with Crippen molar-refractivity contribution in [2.45, 2.75) is 45.2 Å². The second kappa shape index (κ2) is 6.66. The maximum absolute atomic E-state index is 11.4. The minimum absolute atomic E-state index is 0.0754. The monoisotopic (exact) mass is 184 g/mol. The summed E-state index contributed by atoms with van der Waals surface area (Å²) in [6, 6.07) is -0.193. The van der Waals surface area contributed by atoms with Crippen molar-refractivity contribution in [3.05, 3.63) is 12.7 Å². The molecular weight excluding hydrogens is 164 g/mol. The highest BCUT2D eigenvalue weighted by Crippen LogP contribution is 1.97. The van der Waals surface area contributed by atoms with Gasteiger partial charge in [-0.1, -0.05) is 19.9 Å². The van der Waals surface area contributed by atoms with Crippen LogP contribution in [0, 0.1) is 0 Å². The van der Waals surface area contributed by atoms with Crippen molar-refractivity contribution in [3.63, 3.8) is 0 Å². The molecule has 3 N–H and O–H groups in total. The van der Waals surface area contributed by atoms with Crippen LogP contribution < -0.4 is 11.1 Å². The first-order chi connectivity index (χ1) is 6.15. The molecule has 0 heterocycles. The molecule has 0 rings (SSSR count). The van der Waals surface area contributed by atoms with Crippen molar-refractivity contribution in [1.82, 2.24) is 5.32 Å². The smallest absolute Gasteiger partial charge is 0.237 e. The Kier molecular flexibility index (Phi) is 6.24. The number of hydrogen-bond acceptors (Lipinski definition) is 2. The van der Waals surface area contributed by atoms with E-state index in [1.807, 2.05) is 13.8 Å². The maximum Gasteiger partial charge on any atom is 0.237 e. The minimum atomic E-state index is -0.446. The van der Waals surface area contributed by atoms with Gasteiger partial charge in [-0.05, 0) is 19.3 Å². The van der Waals surface area contributed by atoms with Crippen LogP contribution in [0.25, 0.3) is 0 Å². The van der Waals surface area contributed by atoms with Gasteiger partial charge in [-0.25, -0.2) is 0 Å². The van der Waals surface area contributed by atoms with E-state index in [4.69, 9.17) is 5.73 Å². The molecule has 0 radical (unpaired) electrons. The van der Waals surface area contributed by atoms with Crippen molar-refractivity contribution in [1.29, 1.82) is 0 Å². The summed E-state index contributed by atoms with van der Waals surface area (Å²) in [6.45, 7) is 7.64. The molecule has 0 aliphatic rings. The number of rotatable bonds is 6. The van der Waals surface area contributed by atoms with Crippen LogP contribution >= 0.6 is 0 Å². The van der Waals surface area contributed by atoms with Crippen LogP contribution in [0.3, 0.4) is 0 Å². The highest BCUT2D eigenvalue weighted by Gasteiger charge is 2.14. The van der Waals surface area contributed by atoms with Gasteiger partial charge in [0.05, 0.1) is 6.04 Å². The molecule has 76 valence electrons. The topological polar surface area (TPSA) is 55.1 Å². The van der Waals surface area contributed by atoms with Crippen LogP contribution in [0.1, 0.15) is 33.1 Å². The molecular formula is C10H20N2O. The molecule has 0 aliphatic heterocycles. The van der Waals surface area contributed by atoms with Crippen LogP contribution in [0.15, 0.2) is 12.7 Å². The van der Waals surface area contributed by atoms with Gasteiger partial charge in [0.1, 0.15) is 0 Å². The predicted molar refractivity (Wildman–Crippen MR) is 55.3 cm³/mol. The van der Waals surface area contributed by atoms with E-state index < -0.39 is 6.04 Å². The van der Waals surface area contributed by atoms with Crippen molar-refractivity contribution in [2.75, 3.05) is 0 Å². The lowest BCUT2D eigenvalue weighted by Crippen LogP contribution is -2.44. The highest BCUT2D eigenvalue weighted by molar-refractivity contribution is 5.81. The van der Waals surface area contributed by atoms with E-state index in [-0.39, 0.29) is 11.9 Å². The number of amides is 1. The minimum Gasteiger partial charge on any atom is -0.352 e. The number of nitrogens with one attached hydrogen (secondary N) is 1. The summed E-state index contributed by atoms with van der Waals surface area (Å²) in [4.78, 5) is 11.4. The fraction of sp³-hybridized carbons (Fsp3) is 0.700. The molecule has 3 heteroatoms. The van der Waals surface area contributed by atoms with E-state index in [2.05, 4.69) is 11.9 Å². The van der Waals surface area contributed by atoms with E-state index in [1.165, 1.54) is 0 Å². The summed E-state index contributed by atoms with van der Waals surface area (Å²) < 4.78 is 0. The molecule has 0 saturated heterocycles. The van der Waals surface area contributed by atoms with Gasteiger partial charge in [0.2, 0.25) is 5.91 Å². The van der Waals surface area contributed by atoms with E-state index >= 15 is 0 Å². The molecule has 1 amide bonds. The first-order valence-corrected chi connectivity index (χ1v) is 4.82. The zero-order valence-electron chi connectivity index (χ0n) is 8.55. The summed E-state index contributed by atoms with van der Waals surface area (Å²) in [5, 5.41) is 2.89. The summed E-state index contributed by atoms with van der Waals surface area (Å²) in [5.41, 5.74) is 5.60. The number of carbonyl (C=O) groups excluding carboxylic acids is 1. The Morgan fingerprint density at radius 3 is 2.46 bits per heavy atom. The summed E-state index contributed by atoms with van der Waals surface area (Å²) in [6.07, 6.45) is 4.09. The first kappa shape index (κ1) is 12.2. The lowest BCUT2D eigenvalue weighted by Gasteiger charge is -2.17. The maximum atomic E-state index is 11.4. The number of nitrogens with two attached hydrogens (primary N) is 1. The van der Waals surface area contributed by atoms with Crippen LogP contribution in [-0.2, 0) is 4.79 Å². The SMILES string of the molecule is C=CCC(N)C(=O)NC(CC)CC. The van der Waals surface area contributed by atoms with Crippen LogP contribution in [0.4, 0.5) is 0 Å². The normalized spacial score (nSPS) is 12.6. The van der Waals surface area contributed by atoms with Crippen LogP contribution in [0.2, 0.25) is 0 Å². The molecule has 0 aromatic carbocycles. The molecule has 1 atom stereocenters. The average molecular weight is 184 g/mol. The molecule has 0 spiro atoms. The van der Waals surface area contributed by atoms with Crippen molar-refractivity contribution >= 4 is 5.91 Å². The Hall–Kier alpha value is -0.830. The van der Waals surface area contributed by atoms with Crippen molar-refractivity contribution in [3.8, 4) is 0 Å².